The summed E-state index contributed by atoms with van der Waals surface area (Å²) in [5.74, 6) is 0.942. The molecule has 3 heteroatoms. The van der Waals surface area contributed by atoms with Gasteiger partial charge in [0.05, 0.1) is 6.10 Å². The van der Waals surface area contributed by atoms with Crippen LogP contribution in [0.2, 0.25) is 0 Å². The average molecular weight is 259 g/mol. The predicted octanol–water partition coefficient (Wildman–Crippen LogP) is 3.05. The summed E-state index contributed by atoms with van der Waals surface area (Å²) in [6.45, 7) is 2.35. The molecule has 0 spiro atoms. The molecule has 0 radical (unpaired) electrons. The normalized spacial score (nSPS) is 18.5. The quantitative estimate of drug-likeness (QED) is 0.873. The van der Waals surface area contributed by atoms with Crippen molar-refractivity contribution in [2.75, 3.05) is 6.61 Å². The molecule has 0 unspecified atom stereocenters. The van der Waals surface area contributed by atoms with E-state index < -0.39 is 0 Å². The Kier molecular flexibility index (Phi) is 3.47. The number of aryl methyl sites for hydroxylation is 2. The zero-order valence-electron chi connectivity index (χ0n) is 11.4. The van der Waals surface area contributed by atoms with Gasteiger partial charge >= 0.3 is 0 Å². The van der Waals surface area contributed by atoms with Crippen molar-refractivity contribution in [1.29, 1.82) is 0 Å². The fraction of sp³-hybridized carbons (Fsp3) is 0.500. The molecule has 102 valence electrons. The Morgan fingerprint density at radius 2 is 2.16 bits per heavy atom. The fourth-order valence-corrected chi connectivity index (χ4v) is 2.79. The predicted molar refractivity (Wildman–Crippen MR) is 76.7 cm³/mol. The van der Waals surface area contributed by atoms with E-state index in [1.165, 1.54) is 22.5 Å². The van der Waals surface area contributed by atoms with Gasteiger partial charge in [0.1, 0.15) is 12.4 Å². The molecule has 1 aromatic heterocycles. The first-order valence-corrected chi connectivity index (χ1v) is 7.21. The number of hydrogen-bond acceptors (Lipinski definition) is 2. The van der Waals surface area contributed by atoms with Gasteiger partial charge in [-0.05, 0) is 38.2 Å². The molecule has 2 N–H and O–H groups in total. The van der Waals surface area contributed by atoms with Gasteiger partial charge in [0, 0.05) is 22.5 Å². The molecule has 1 atom stereocenters. The molecule has 0 saturated carbocycles. The maximum absolute atomic E-state index is 9.65. The first kappa shape index (κ1) is 12.5. The van der Waals surface area contributed by atoms with E-state index in [0.29, 0.717) is 6.61 Å². The molecule has 0 amide bonds. The summed E-state index contributed by atoms with van der Waals surface area (Å²) in [4.78, 5) is 3.55. The van der Waals surface area contributed by atoms with Crippen LogP contribution in [-0.2, 0) is 17.6 Å². The minimum atomic E-state index is -0.378. The van der Waals surface area contributed by atoms with Crippen LogP contribution in [0.25, 0.3) is 11.8 Å². The summed E-state index contributed by atoms with van der Waals surface area (Å²) >= 11 is 0. The van der Waals surface area contributed by atoms with Crippen molar-refractivity contribution < 1.29 is 9.84 Å². The van der Waals surface area contributed by atoms with Crippen molar-refractivity contribution in [2.24, 2.45) is 0 Å². The van der Waals surface area contributed by atoms with Crippen LogP contribution in [0.15, 0.2) is 12.2 Å². The topological polar surface area (TPSA) is 45.2 Å². The van der Waals surface area contributed by atoms with E-state index in [9.17, 15) is 5.11 Å². The smallest absolute Gasteiger partial charge is 0.125 e. The molecule has 3 rings (SSSR count). The number of aromatic nitrogens is 1. The fourth-order valence-electron chi connectivity index (χ4n) is 2.79. The third kappa shape index (κ3) is 2.35. The van der Waals surface area contributed by atoms with Gasteiger partial charge in [-0.25, -0.2) is 0 Å². The Morgan fingerprint density at radius 1 is 1.32 bits per heavy atom. The number of allylic oxidation sites excluding steroid dienone is 2. The highest BCUT2D eigenvalue weighted by molar-refractivity contribution is 5.76. The second kappa shape index (κ2) is 5.25. The van der Waals surface area contributed by atoms with Crippen LogP contribution in [0.5, 0.6) is 0 Å². The molecule has 1 heterocycles. The molecule has 1 aromatic rings. The number of ether oxygens (including phenoxy) is 1. The molecular weight excluding hydrogens is 238 g/mol. The summed E-state index contributed by atoms with van der Waals surface area (Å²) in [6, 6.07) is 0. The van der Waals surface area contributed by atoms with E-state index in [-0.39, 0.29) is 6.10 Å². The Hall–Kier alpha value is -1.48. The SMILES string of the molecule is CC[C@H](O)COC1=CCCc2[nH]c3c(c21)C=CCC3. The average Bonchev–Trinajstić information content (AvgIpc) is 2.83. The van der Waals surface area contributed by atoms with Crippen molar-refractivity contribution in [3.63, 3.8) is 0 Å². The highest BCUT2D eigenvalue weighted by Gasteiger charge is 2.23. The van der Waals surface area contributed by atoms with Gasteiger partial charge in [0.2, 0.25) is 0 Å². The van der Waals surface area contributed by atoms with Gasteiger partial charge in [-0.1, -0.05) is 19.1 Å². The van der Waals surface area contributed by atoms with Crippen molar-refractivity contribution in [3.8, 4) is 0 Å². The lowest BCUT2D eigenvalue weighted by atomic mass is 9.95. The Labute approximate surface area is 114 Å². The van der Waals surface area contributed by atoms with E-state index in [2.05, 4.69) is 23.2 Å². The Bertz CT molecular complexity index is 525. The molecule has 0 aliphatic heterocycles. The van der Waals surface area contributed by atoms with E-state index >= 15 is 0 Å². The summed E-state index contributed by atoms with van der Waals surface area (Å²) in [7, 11) is 0. The van der Waals surface area contributed by atoms with Crippen molar-refractivity contribution in [1.82, 2.24) is 4.98 Å². The van der Waals surface area contributed by atoms with Crippen LogP contribution in [0, 0.1) is 0 Å². The molecule has 2 aliphatic carbocycles. The van der Waals surface area contributed by atoms with Gasteiger partial charge in [-0.15, -0.1) is 0 Å². The number of fused-ring (bicyclic) bond motifs is 3. The lowest BCUT2D eigenvalue weighted by Crippen LogP contribution is -2.14. The maximum atomic E-state index is 9.65. The lowest BCUT2D eigenvalue weighted by Gasteiger charge is -2.18. The maximum Gasteiger partial charge on any atom is 0.125 e. The minimum absolute atomic E-state index is 0.378. The lowest BCUT2D eigenvalue weighted by molar-refractivity contribution is 0.0902. The van der Waals surface area contributed by atoms with Crippen molar-refractivity contribution in [3.05, 3.63) is 34.7 Å². The number of hydrogen-bond donors (Lipinski definition) is 2. The van der Waals surface area contributed by atoms with E-state index in [0.717, 1.165) is 37.9 Å². The zero-order chi connectivity index (χ0) is 13.2. The van der Waals surface area contributed by atoms with Crippen LogP contribution in [-0.4, -0.2) is 22.8 Å². The Balaban J connectivity index is 1.87. The third-order valence-corrected chi connectivity index (χ3v) is 3.92. The largest absolute Gasteiger partial charge is 0.491 e. The third-order valence-electron chi connectivity index (χ3n) is 3.92. The molecule has 0 aromatic carbocycles. The number of aromatic amines is 1. The van der Waals surface area contributed by atoms with Gasteiger partial charge in [0.25, 0.3) is 0 Å². The second-order valence-corrected chi connectivity index (χ2v) is 5.29. The van der Waals surface area contributed by atoms with E-state index in [1.54, 1.807) is 0 Å². The molecule has 0 saturated heterocycles. The first-order valence-electron chi connectivity index (χ1n) is 7.21. The number of aliphatic hydroxyl groups is 1. The molecular formula is C16H21NO2. The molecule has 0 bridgehead atoms. The molecule has 19 heavy (non-hydrogen) atoms. The number of H-pyrrole nitrogens is 1. The standard InChI is InChI=1S/C16H21NO2/c1-2-11(18)10-19-15-9-5-8-14-16(15)12-6-3-4-7-13(12)17-14/h3,6,9,11,17-18H,2,4-5,7-8,10H2,1H3/t11-/m0/s1. The monoisotopic (exact) mass is 259 g/mol. The molecule has 0 fully saturated rings. The van der Waals surface area contributed by atoms with Gasteiger partial charge in [0.15, 0.2) is 0 Å². The van der Waals surface area contributed by atoms with Gasteiger partial charge < -0.3 is 14.8 Å². The van der Waals surface area contributed by atoms with Crippen LogP contribution in [0.1, 0.15) is 48.7 Å². The van der Waals surface area contributed by atoms with Crippen LogP contribution in [0.3, 0.4) is 0 Å². The highest BCUT2D eigenvalue weighted by atomic mass is 16.5. The Morgan fingerprint density at radius 3 is 3.00 bits per heavy atom. The van der Waals surface area contributed by atoms with Crippen molar-refractivity contribution >= 4 is 11.8 Å². The van der Waals surface area contributed by atoms with Crippen molar-refractivity contribution in [2.45, 2.75) is 45.1 Å². The minimum Gasteiger partial charge on any atom is -0.491 e. The number of rotatable bonds is 4. The molecule has 3 nitrogen and oxygen atoms in total. The zero-order valence-corrected chi connectivity index (χ0v) is 11.4. The summed E-state index contributed by atoms with van der Waals surface area (Å²) in [5.41, 5.74) is 5.14. The van der Waals surface area contributed by atoms with Gasteiger partial charge in [-0.2, -0.15) is 0 Å². The van der Waals surface area contributed by atoms with Crippen LogP contribution in [0.4, 0.5) is 0 Å². The summed E-state index contributed by atoms with van der Waals surface area (Å²) in [6.07, 6.45) is 11.2. The van der Waals surface area contributed by atoms with E-state index in [1.807, 2.05) is 6.92 Å². The second-order valence-electron chi connectivity index (χ2n) is 5.29. The molecule has 2 aliphatic rings. The van der Waals surface area contributed by atoms with Crippen LogP contribution >= 0.6 is 0 Å². The van der Waals surface area contributed by atoms with E-state index in [4.69, 9.17) is 4.74 Å². The summed E-state index contributed by atoms with van der Waals surface area (Å²) < 4.78 is 5.84. The number of aliphatic hydroxyl groups excluding tert-OH is 1. The highest BCUT2D eigenvalue weighted by Crippen LogP contribution is 2.35. The summed E-state index contributed by atoms with van der Waals surface area (Å²) in [5, 5.41) is 9.65. The first-order chi connectivity index (χ1) is 9.29. The van der Waals surface area contributed by atoms with Crippen LogP contribution < -0.4 is 0 Å². The van der Waals surface area contributed by atoms with Gasteiger partial charge in [-0.3, -0.25) is 0 Å². The number of nitrogens with one attached hydrogen (secondary N) is 1.